The first-order chi connectivity index (χ1) is 11.8. The lowest BCUT2D eigenvalue weighted by Gasteiger charge is -2.38. The Morgan fingerprint density at radius 3 is 2.38 bits per heavy atom. The van der Waals surface area contributed by atoms with Gasteiger partial charge in [-0.2, -0.15) is 0 Å². The van der Waals surface area contributed by atoms with Crippen molar-refractivity contribution in [3.05, 3.63) is 35.9 Å². The second-order valence-electron chi connectivity index (χ2n) is 6.84. The summed E-state index contributed by atoms with van der Waals surface area (Å²) in [6, 6.07) is 9.90. The molecule has 1 aliphatic rings. The van der Waals surface area contributed by atoms with Crippen LogP contribution in [0.2, 0.25) is 0 Å². The molecular formula is C20H32O4. The van der Waals surface area contributed by atoms with Crippen molar-refractivity contribution in [2.75, 3.05) is 33.0 Å². The topological polar surface area (TPSA) is 47.9 Å². The minimum atomic E-state index is -0.437. The van der Waals surface area contributed by atoms with Crippen molar-refractivity contribution in [1.29, 1.82) is 0 Å². The highest BCUT2D eigenvalue weighted by atomic mass is 16.7. The molecule has 0 atom stereocenters. The maximum Gasteiger partial charge on any atom is 0.183 e. The summed E-state index contributed by atoms with van der Waals surface area (Å²) in [5, 5.41) is 9.76. The SMILES string of the molecule is CCCCCCCCOCC1(CO)COC(c2ccccc2)OC1. The molecule has 4 nitrogen and oxygen atoms in total. The third-order valence-electron chi connectivity index (χ3n) is 4.54. The lowest BCUT2D eigenvalue weighted by molar-refractivity contribution is -0.251. The van der Waals surface area contributed by atoms with Gasteiger partial charge in [0.2, 0.25) is 0 Å². The molecule has 1 heterocycles. The molecule has 1 fully saturated rings. The fourth-order valence-electron chi connectivity index (χ4n) is 2.89. The molecule has 1 aliphatic heterocycles. The molecule has 1 aromatic carbocycles. The van der Waals surface area contributed by atoms with Gasteiger partial charge in [0.1, 0.15) is 0 Å². The van der Waals surface area contributed by atoms with Gasteiger partial charge in [-0.1, -0.05) is 69.4 Å². The van der Waals surface area contributed by atoms with Crippen LogP contribution in [0.3, 0.4) is 0 Å². The van der Waals surface area contributed by atoms with Crippen LogP contribution in [0, 0.1) is 5.41 Å². The van der Waals surface area contributed by atoms with E-state index in [1.807, 2.05) is 30.3 Å². The molecule has 136 valence electrons. The zero-order chi connectivity index (χ0) is 17.1. The van der Waals surface area contributed by atoms with Crippen LogP contribution >= 0.6 is 0 Å². The maximum absolute atomic E-state index is 9.76. The molecule has 0 bridgehead atoms. The number of aliphatic hydroxyl groups is 1. The molecule has 0 spiro atoms. The zero-order valence-corrected chi connectivity index (χ0v) is 14.9. The average molecular weight is 336 g/mol. The number of rotatable bonds is 11. The fraction of sp³-hybridized carbons (Fsp3) is 0.700. The van der Waals surface area contributed by atoms with E-state index in [2.05, 4.69) is 6.92 Å². The zero-order valence-electron chi connectivity index (χ0n) is 14.9. The number of hydrogen-bond donors (Lipinski definition) is 1. The molecule has 24 heavy (non-hydrogen) atoms. The van der Waals surface area contributed by atoms with Gasteiger partial charge in [-0.3, -0.25) is 0 Å². The monoisotopic (exact) mass is 336 g/mol. The van der Waals surface area contributed by atoms with Gasteiger partial charge < -0.3 is 19.3 Å². The fourth-order valence-corrected chi connectivity index (χ4v) is 2.89. The number of aliphatic hydroxyl groups excluding tert-OH is 1. The highest BCUT2D eigenvalue weighted by molar-refractivity contribution is 5.16. The Hall–Kier alpha value is -0.940. The van der Waals surface area contributed by atoms with Crippen molar-refractivity contribution in [1.82, 2.24) is 0 Å². The van der Waals surface area contributed by atoms with Crippen LogP contribution in [-0.2, 0) is 14.2 Å². The van der Waals surface area contributed by atoms with Crippen molar-refractivity contribution < 1.29 is 19.3 Å². The molecule has 0 aromatic heterocycles. The minimum Gasteiger partial charge on any atom is -0.396 e. The van der Waals surface area contributed by atoms with Gasteiger partial charge in [0.15, 0.2) is 6.29 Å². The molecule has 0 amide bonds. The molecule has 1 aromatic rings. The van der Waals surface area contributed by atoms with Gasteiger partial charge >= 0.3 is 0 Å². The normalized spacial score (nSPS) is 24.2. The maximum atomic E-state index is 9.76. The summed E-state index contributed by atoms with van der Waals surface area (Å²) >= 11 is 0. The van der Waals surface area contributed by atoms with Crippen molar-refractivity contribution in [3.63, 3.8) is 0 Å². The quantitative estimate of drug-likeness (QED) is 0.618. The Kier molecular flexibility index (Phi) is 8.75. The lowest BCUT2D eigenvalue weighted by Crippen LogP contribution is -2.45. The Morgan fingerprint density at radius 2 is 1.71 bits per heavy atom. The van der Waals surface area contributed by atoms with Gasteiger partial charge in [-0.15, -0.1) is 0 Å². The number of unbranched alkanes of at least 4 members (excludes halogenated alkanes) is 5. The van der Waals surface area contributed by atoms with Crippen molar-refractivity contribution in [3.8, 4) is 0 Å². The summed E-state index contributed by atoms with van der Waals surface area (Å²) in [7, 11) is 0. The Morgan fingerprint density at radius 1 is 1.04 bits per heavy atom. The van der Waals surface area contributed by atoms with Crippen LogP contribution in [0.15, 0.2) is 30.3 Å². The smallest absolute Gasteiger partial charge is 0.183 e. The second-order valence-corrected chi connectivity index (χ2v) is 6.84. The first-order valence-electron chi connectivity index (χ1n) is 9.26. The third-order valence-corrected chi connectivity index (χ3v) is 4.54. The lowest BCUT2D eigenvalue weighted by atomic mass is 9.91. The van der Waals surface area contributed by atoms with Gasteiger partial charge in [0.25, 0.3) is 0 Å². The van der Waals surface area contributed by atoms with Gasteiger partial charge in [0, 0.05) is 12.2 Å². The summed E-state index contributed by atoms with van der Waals surface area (Å²) in [6.45, 7) is 4.40. The van der Waals surface area contributed by atoms with E-state index in [-0.39, 0.29) is 12.9 Å². The summed E-state index contributed by atoms with van der Waals surface area (Å²) in [6.07, 6.45) is 7.16. The van der Waals surface area contributed by atoms with E-state index in [1.165, 1.54) is 32.1 Å². The average Bonchev–Trinajstić information content (AvgIpc) is 2.65. The number of ether oxygens (including phenoxy) is 3. The van der Waals surface area contributed by atoms with E-state index in [9.17, 15) is 5.11 Å². The Labute approximate surface area is 146 Å². The van der Waals surface area contributed by atoms with Crippen LogP contribution in [-0.4, -0.2) is 38.1 Å². The van der Waals surface area contributed by atoms with E-state index in [4.69, 9.17) is 14.2 Å². The molecular weight excluding hydrogens is 304 g/mol. The number of hydrogen-bond acceptors (Lipinski definition) is 4. The van der Waals surface area contributed by atoms with E-state index in [1.54, 1.807) is 0 Å². The van der Waals surface area contributed by atoms with E-state index in [0.29, 0.717) is 19.8 Å². The summed E-state index contributed by atoms with van der Waals surface area (Å²) in [5.74, 6) is 0. The van der Waals surface area contributed by atoms with Crippen LogP contribution in [0.1, 0.15) is 57.3 Å². The van der Waals surface area contributed by atoms with E-state index >= 15 is 0 Å². The van der Waals surface area contributed by atoms with Crippen LogP contribution in [0.5, 0.6) is 0 Å². The molecule has 2 rings (SSSR count). The highest BCUT2D eigenvalue weighted by Gasteiger charge is 2.37. The summed E-state index contributed by atoms with van der Waals surface area (Å²) in [5.41, 5.74) is 0.574. The van der Waals surface area contributed by atoms with E-state index in [0.717, 1.165) is 18.6 Å². The van der Waals surface area contributed by atoms with Gasteiger partial charge in [-0.25, -0.2) is 0 Å². The molecule has 0 radical (unpaired) electrons. The predicted molar refractivity (Wildman–Crippen MR) is 94.8 cm³/mol. The van der Waals surface area contributed by atoms with Crippen molar-refractivity contribution in [2.24, 2.45) is 5.41 Å². The van der Waals surface area contributed by atoms with Crippen molar-refractivity contribution in [2.45, 2.75) is 51.7 Å². The molecule has 1 saturated heterocycles. The van der Waals surface area contributed by atoms with Gasteiger partial charge in [-0.05, 0) is 6.42 Å². The second kappa shape index (κ2) is 10.8. The molecule has 0 aliphatic carbocycles. The Balaban J connectivity index is 1.64. The van der Waals surface area contributed by atoms with Crippen LogP contribution in [0.4, 0.5) is 0 Å². The van der Waals surface area contributed by atoms with E-state index < -0.39 is 5.41 Å². The van der Waals surface area contributed by atoms with Crippen LogP contribution in [0.25, 0.3) is 0 Å². The minimum absolute atomic E-state index is 0.0189. The molecule has 4 heteroatoms. The number of benzene rings is 1. The summed E-state index contributed by atoms with van der Waals surface area (Å²) in [4.78, 5) is 0. The highest BCUT2D eigenvalue weighted by Crippen LogP contribution is 2.31. The first kappa shape index (κ1) is 19.4. The molecule has 0 saturated carbocycles. The predicted octanol–water partition coefficient (Wildman–Crippen LogP) is 4.09. The first-order valence-corrected chi connectivity index (χ1v) is 9.26. The van der Waals surface area contributed by atoms with Crippen LogP contribution < -0.4 is 0 Å². The summed E-state index contributed by atoms with van der Waals surface area (Å²) < 4.78 is 17.5. The Bertz CT molecular complexity index is 427. The molecule has 1 N–H and O–H groups in total. The third kappa shape index (κ3) is 6.17. The largest absolute Gasteiger partial charge is 0.396 e. The van der Waals surface area contributed by atoms with Crippen molar-refractivity contribution >= 4 is 0 Å². The van der Waals surface area contributed by atoms with Gasteiger partial charge in [0.05, 0.1) is 31.8 Å². The standard InChI is InChI=1S/C20H32O4/c1-2-3-4-5-6-10-13-22-15-20(14-21)16-23-19(24-17-20)18-11-8-7-9-12-18/h7-9,11-12,19,21H,2-6,10,13-17H2,1H3. The molecule has 0 unspecified atom stereocenters.